The number of hydrogen-bond acceptors (Lipinski definition) is 2. The van der Waals surface area contributed by atoms with Crippen LogP contribution in [0.4, 0.5) is 25.0 Å². The van der Waals surface area contributed by atoms with E-state index < -0.39 is 23.2 Å². The molecule has 2 aromatic carbocycles. The average molecular weight is 390 g/mol. The van der Waals surface area contributed by atoms with Gasteiger partial charge >= 0.3 is 6.03 Å². The summed E-state index contributed by atoms with van der Waals surface area (Å²) in [5.74, 6) is -1.68. The van der Waals surface area contributed by atoms with Crippen molar-refractivity contribution < 1.29 is 13.6 Å². The molecule has 1 heterocycles. The van der Waals surface area contributed by atoms with Crippen LogP contribution in [-0.2, 0) is 6.54 Å². The van der Waals surface area contributed by atoms with Gasteiger partial charge in [0.25, 0.3) is 5.56 Å². The Labute approximate surface area is 158 Å². The van der Waals surface area contributed by atoms with Gasteiger partial charge in [0.2, 0.25) is 0 Å². The van der Waals surface area contributed by atoms with E-state index in [9.17, 15) is 18.4 Å². The minimum absolute atomic E-state index is 0.00423. The summed E-state index contributed by atoms with van der Waals surface area (Å²) in [6, 6.07) is 12.0. The second kappa shape index (κ2) is 8.01. The zero-order valence-corrected chi connectivity index (χ0v) is 14.6. The predicted molar refractivity (Wildman–Crippen MR) is 100 cm³/mol. The molecule has 0 atom stereocenters. The Hall–Kier alpha value is -3.19. The first-order chi connectivity index (χ1) is 12.9. The molecule has 0 spiro atoms. The highest BCUT2D eigenvalue weighted by molar-refractivity contribution is 6.31. The first kappa shape index (κ1) is 18.6. The number of halogens is 3. The number of amides is 2. The molecule has 0 fully saturated rings. The molecule has 0 aliphatic carbocycles. The second-order valence-electron chi connectivity index (χ2n) is 5.65. The van der Waals surface area contributed by atoms with E-state index in [-0.39, 0.29) is 17.9 Å². The number of carbonyl (C=O) groups excluding carboxylic acids is 1. The highest BCUT2D eigenvalue weighted by Gasteiger charge is 2.11. The van der Waals surface area contributed by atoms with E-state index in [1.165, 1.54) is 10.6 Å². The average Bonchev–Trinajstić information content (AvgIpc) is 2.63. The highest BCUT2D eigenvalue weighted by Crippen LogP contribution is 2.17. The first-order valence-corrected chi connectivity index (χ1v) is 8.28. The predicted octanol–water partition coefficient (Wildman–Crippen LogP) is 4.47. The molecule has 0 bridgehead atoms. The number of nitrogens with zero attached hydrogens (tertiary/aromatic N) is 1. The molecule has 0 saturated heterocycles. The number of carbonyl (C=O) groups is 1. The maximum Gasteiger partial charge on any atom is 0.323 e. The molecule has 0 saturated carbocycles. The lowest BCUT2D eigenvalue weighted by Gasteiger charge is -2.11. The fourth-order valence-corrected chi connectivity index (χ4v) is 2.63. The van der Waals surface area contributed by atoms with Crippen molar-refractivity contribution in [3.05, 3.63) is 93.4 Å². The maximum atomic E-state index is 13.6. The van der Waals surface area contributed by atoms with Crippen LogP contribution in [0.15, 0.2) is 65.6 Å². The minimum atomic E-state index is -0.922. The molecule has 3 rings (SSSR count). The van der Waals surface area contributed by atoms with Gasteiger partial charge in [-0.3, -0.25) is 4.79 Å². The van der Waals surface area contributed by atoms with Gasteiger partial charge in [-0.2, -0.15) is 0 Å². The zero-order valence-electron chi connectivity index (χ0n) is 13.9. The number of nitrogens with one attached hydrogen (secondary N) is 2. The van der Waals surface area contributed by atoms with Gasteiger partial charge in [0, 0.05) is 17.3 Å². The summed E-state index contributed by atoms with van der Waals surface area (Å²) >= 11 is 6.11. The third-order valence-corrected chi connectivity index (χ3v) is 4.11. The van der Waals surface area contributed by atoms with Crippen LogP contribution in [0.2, 0.25) is 5.02 Å². The van der Waals surface area contributed by atoms with Crippen LogP contribution in [0.3, 0.4) is 0 Å². The Morgan fingerprint density at radius 3 is 2.48 bits per heavy atom. The molecule has 8 heteroatoms. The number of hydrogen-bond donors (Lipinski definition) is 2. The summed E-state index contributed by atoms with van der Waals surface area (Å²) in [6.07, 6.45) is 1.56. The first-order valence-electron chi connectivity index (χ1n) is 7.90. The summed E-state index contributed by atoms with van der Waals surface area (Å²) in [6.45, 7) is 0.224. The topological polar surface area (TPSA) is 63.1 Å². The van der Waals surface area contributed by atoms with Crippen molar-refractivity contribution in [1.82, 2.24) is 4.57 Å². The number of anilines is 2. The Balaban J connectivity index is 1.76. The molecule has 0 aliphatic heterocycles. The van der Waals surface area contributed by atoms with Gasteiger partial charge in [0.15, 0.2) is 0 Å². The minimum Gasteiger partial charge on any atom is -0.309 e. The third kappa shape index (κ3) is 4.51. The van der Waals surface area contributed by atoms with Crippen LogP contribution in [0.1, 0.15) is 5.56 Å². The molecule has 3 aromatic rings. The van der Waals surface area contributed by atoms with E-state index in [4.69, 9.17) is 11.6 Å². The van der Waals surface area contributed by atoms with Crippen molar-refractivity contribution in [2.45, 2.75) is 6.54 Å². The molecule has 138 valence electrons. The Morgan fingerprint density at radius 2 is 1.74 bits per heavy atom. The van der Waals surface area contributed by atoms with Gasteiger partial charge < -0.3 is 15.2 Å². The molecule has 1 aromatic heterocycles. The molecule has 2 N–H and O–H groups in total. The summed E-state index contributed by atoms with van der Waals surface area (Å²) in [7, 11) is 0. The number of pyridine rings is 1. The molecule has 2 amide bonds. The smallest absolute Gasteiger partial charge is 0.309 e. The monoisotopic (exact) mass is 389 g/mol. The Kier molecular flexibility index (Phi) is 5.52. The fourth-order valence-electron chi connectivity index (χ4n) is 2.43. The van der Waals surface area contributed by atoms with Gasteiger partial charge in [-0.15, -0.1) is 0 Å². The number of rotatable bonds is 4. The molecular weight excluding hydrogens is 376 g/mol. The van der Waals surface area contributed by atoms with Gasteiger partial charge in [0.05, 0.1) is 12.2 Å². The summed E-state index contributed by atoms with van der Waals surface area (Å²) < 4.78 is 27.9. The Morgan fingerprint density at radius 1 is 1.00 bits per heavy atom. The van der Waals surface area contributed by atoms with Crippen LogP contribution in [0.25, 0.3) is 0 Å². The largest absolute Gasteiger partial charge is 0.323 e. The van der Waals surface area contributed by atoms with Crippen molar-refractivity contribution in [1.29, 1.82) is 0 Å². The summed E-state index contributed by atoms with van der Waals surface area (Å²) in [4.78, 5) is 24.6. The molecular formula is C19H14ClF2N3O2. The molecule has 0 unspecified atom stereocenters. The van der Waals surface area contributed by atoms with Gasteiger partial charge in [-0.05, 0) is 35.9 Å². The lowest BCUT2D eigenvalue weighted by atomic mass is 10.2. The van der Waals surface area contributed by atoms with Gasteiger partial charge in [-0.1, -0.05) is 29.8 Å². The quantitative estimate of drug-likeness (QED) is 0.691. The van der Waals surface area contributed by atoms with Crippen molar-refractivity contribution in [3.8, 4) is 0 Å². The zero-order chi connectivity index (χ0) is 19.4. The van der Waals surface area contributed by atoms with E-state index in [1.807, 2.05) is 0 Å². The van der Waals surface area contributed by atoms with Gasteiger partial charge in [0.1, 0.15) is 17.3 Å². The Bertz CT molecular complexity index is 1050. The standard InChI is InChI=1S/C19H14ClF2N3O2/c20-14-5-2-1-4-12(14)11-25-9-3-6-17(18(25)26)24-19(27)23-16-8-7-13(21)10-15(16)22/h1-10H,11H2,(H2,23,24,27). The van der Waals surface area contributed by atoms with E-state index in [0.717, 1.165) is 17.7 Å². The third-order valence-electron chi connectivity index (χ3n) is 3.75. The summed E-state index contributed by atoms with van der Waals surface area (Å²) in [5, 5.41) is 5.12. The van der Waals surface area contributed by atoms with E-state index in [2.05, 4.69) is 10.6 Å². The summed E-state index contributed by atoms with van der Waals surface area (Å²) in [5.41, 5.74) is 0.0918. The lowest BCUT2D eigenvalue weighted by molar-refractivity contribution is 0.262. The van der Waals surface area contributed by atoms with E-state index in [0.29, 0.717) is 11.1 Å². The number of urea groups is 1. The van der Waals surface area contributed by atoms with Crippen LogP contribution in [-0.4, -0.2) is 10.6 Å². The second-order valence-corrected chi connectivity index (χ2v) is 6.06. The van der Waals surface area contributed by atoms with Crippen LogP contribution in [0, 0.1) is 11.6 Å². The highest BCUT2D eigenvalue weighted by atomic mass is 35.5. The number of aromatic nitrogens is 1. The molecule has 5 nitrogen and oxygen atoms in total. The maximum absolute atomic E-state index is 13.6. The number of benzene rings is 2. The SMILES string of the molecule is O=C(Nc1ccc(F)cc1F)Nc1cccn(Cc2ccccc2Cl)c1=O. The van der Waals surface area contributed by atoms with E-state index in [1.54, 1.807) is 36.5 Å². The van der Waals surface area contributed by atoms with Crippen LogP contribution < -0.4 is 16.2 Å². The van der Waals surface area contributed by atoms with Crippen molar-refractivity contribution in [2.24, 2.45) is 0 Å². The normalized spacial score (nSPS) is 10.5. The fraction of sp³-hybridized carbons (Fsp3) is 0.0526. The molecule has 0 aliphatic rings. The van der Waals surface area contributed by atoms with Crippen LogP contribution in [0.5, 0.6) is 0 Å². The molecule has 27 heavy (non-hydrogen) atoms. The van der Waals surface area contributed by atoms with Crippen molar-refractivity contribution in [2.75, 3.05) is 10.6 Å². The van der Waals surface area contributed by atoms with Crippen molar-refractivity contribution in [3.63, 3.8) is 0 Å². The molecule has 0 radical (unpaired) electrons. The van der Waals surface area contributed by atoms with Crippen LogP contribution >= 0.6 is 11.6 Å². The van der Waals surface area contributed by atoms with Gasteiger partial charge in [-0.25, -0.2) is 13.6 Å². The van der Waals surface area contributed by atoms with E-state index >= 15 is 0 Å². The lowest BCUT2D eigenvalue weighted by Crippen LogP contribution is -2.28. The van der Waals surface area contributed by atoms with Crippen molar-refractivity contribution >= 4 is 29.0 Å².